The highest BCUT2D eigenvalue weighted by molar-refractivity contribution is 5.92. The van der Waals surface area contributed by atoms with E-state index in [1.54, 1.807) is 7.11 Å². The Labute approximate surface area is 120 Å². The molecule has 0 spiro atoms. The monoisotopic (exact) mass is 276 g/mol. The molecule has 2 rings (SSSR count). The summed E-state index contributed by atoms with van der Waals surface area (Å²) in [5.41, 5.74) is 2.03. The Kier molecular flexibility index (Phi) is 4.45. The first-order chi connectivity index (χ1) is 9.45. The third-order valence-corrected chi connectivity index (χ3v) is 4.39. The predicted octanol–water partition coefficient (Wildman–Crippen LogP) is 2.34. The fourth-order valence-corrected chi connectivity index (χ4v) is 2.76. The molecular weight excluding hydrogens is 252 g/mol. The van der Waals surface area contributed by atoms with Gasteiger partial charge in [-0.2, -0.15) is 0 Å². The molecule has 1 saturated carbocycles. The molecule has 4 nitrogen and oxygen atoms in total. The van der Waals surface area contributed by atoms with E-state index in [0.717, 1.165) is 17.7 Å². The van der Waals surface area contributed by atoms with E-state index >= 15 is 0 Å². The van der Waals surface area contributed by atoms with Gasteiger partial charge in [0.2, 0.25) is 5.91 Å². The molecule has 0 aromatic heterocycles. The van der Waals surface area contributed by atoms with Crippen LogP contribution in [-0.4, -0.2) is 31.7 Å². The minimum absolute atomic E-state index is 0.00373. The van der Waals surface area contributed by atoms with Crippen LogP contribution in [0.25, 0.3) is 0 Å². The van der Waals surface area contributed by atoms with Gasteiger partial charge in [0, 0.05) is 24.3 Å². The van der Waals surface area contributed by atoms with Crippen LogP contribution in [0.3, 0.4) is 0 Å². The van der Waals surface area contributed by atoms with Crippen LogP contribution in [0.2, 0.25) is 0 Å². The smallest absolute Gasteiger partial charge is 0.238 e. The fraction of sp³-hybridized carbons (Fsp3) is 0.562. The molecule has 2 atom stereocenters. The first kappa shape index (κ1) is 15.0. The minimum Gasteiger partial charge on any atom is -0.381 e. The second kappa shape index (κ2) is 5.94. The zero-order valence-electron chi connectivity index (χ0n) is 12.7. The number of para-hydroxylation sites is 1. The topological polar surface area (TPSA) is 50.4 Å². The molecule has 2 unspecified atom stereocenters. The zero-order valence-corrected chi connectivity index (χ0v) is 12.7. The Hall–Kier alpha value is -1.39. The molecule has 110 valence electrons. The lowest BCUT2D eigenvalue weighted by Gasteiger charge is -2.51. The average molecular weight is 276 g/mol. The molecule has 1 aliphatic rings. The number of ether oxygens (including phenoxy) is 1. The largest absolute Gasteiger partial charge is 0.381 e. The van der Waals surface area contributed by atoms with Gasteiger partial charge in [-0.3, -0.25) is 4.79 Å². The van der Waals surface area contributed by atoms with E-state index in [1.807, 2.05) is 31.2 Å². The highest BCUT2D eigenvalue weighted by atomic mass is 16.5. The number of carbonyl (C=O) groups excluding carboxylic acids is 1. The van der Waals surface area contributed by atoms with Crippen molar-refractivity contribution in [3.63, 3.8) is 0 Å². The Morgan fingerprint density at radius 2 is 2.10 bits per heavy atom. The number of nitrogens with one attached hydrogen (secondary N) is 2. The fourth-order valence-electron chi connectivity index (χ4n) is 2.76. The molecular formula is C16H24N2O2. The SMILES string of the molecule is COC1CC(NCC(=O)Nc2ccccc2C)C1(C)C. The van der Waals surface area contributed by atoms with Gasteiger partial charge in [0.15, 0.2) is 0 Å². The van der Waals surface area contributed by atoms with Gasteiger partial charge >= 0.3 is 0 Å². The first-order valence-corrected chi connectivity index (χ1v) is 7.07. The Morgan fingerprint density at radius 1 is 1.40 bits per heavy atom. The molecule has 1 fully saturated rings. The summed E-state index contributed by atoms with van der Waals surface area (Å²) in [5.74, 6) is -0.00373. The van der Waals surface area contributed by atoms with Gasteiger partial charge in [0.1, 0.15) is 0 Å². The number of carbonyl (C=O) groups is 1. The van der Waals surface area contributed by atoms with Crippen molar-refractivity contribution in [1.82, 2.24) is 5.32 Å². The summed E-state index contributed by atoms with van der Waals surface area (Å²) in [7, 11) is 1.74. The number of benzene rings is 1. The van der Waals surface area contributed by atoms with Crippen LogP contribution in [0.15, 0.2) is 24.3 Å². The maximum atomic E-state index is 12.0. The van der Waals surface area contributed by atoms with Crippen molar-refractivity contribution in [2.24, 2.45) is 5.41 Å². The Bertz CT molecular complexity index is 485. The summed E-state index contributed by atoms with van der Waals surface area (Å²) in [4.78, 5) is 12.0. The first-order valence-electron chi connectivity index (χ1n) is 7.07. The number of amides is 1. The van der Waals surface area contributed by atoms with E-state index in [4.69, 9.17) is 4.74 Å². The molecule has 1 aromatic carbocycles. The van der Waals surface area contributed by atoms with Crippen molar-refractivity contribution in [1.29, 1.82) is 0 Å². The van der Waals surface area contributed by atoms with E-state index < -0.39 is 0 Å². The summed E-state index contributed by atoms with van der Waals surface area (Å²) < 4.78 is 5.41. The molecule has 0 aliphatic heterocycles. The highest BCUT2D eigenvalue weighted by Crippen LogP contribution is 2.42. The molecule has 0 heterocycles. The predicted molar refractivity (Wildman–Crippen MR) is 80.8 cm³/mol. The van der Waals surface area contributed by atoms with Crippen LogP contribution >= 0.6 is 0 Å². The van der Waals surface area contributed by atoms with Crippen molar-refractivity contribution in [3.05, 3.63) is 29.8 Å². The van der Waals surface area contributed by atoms with Gasteiger partial charge in [-0.25, -0.2) is 0 Å². The zero-order chi connectivity index (χ0) is 14.8. The molecule has 0 bridgehead atoms. The van der Waals surface area contributed by atoms with Gasteiger partial charge in [-0.05, 0) is 25.0 Å². The molecule has 0 saturated heterocycles. The van der Waals surface area contributed by atoms with E-state index in [9.17, 15) is 4.79 Å². The third kappa shape index (κ3) is 3.02. The quantitative estimate of drug-likeness (QED) is 0.868. The normalized spacial score (nSPS) is 24.0. The number of rotatable bonds is 5. The van der Waals surface area contributed by atoms with Crippen LogP contribution in [0, 0.1) is 12.3 Å². The van der Waals surface area contributed by atoms with Crippen LogP contribution in [0.1, 0.15) is 25.8 Å². The molecule has 2 N–H and O–H groups in total. The van der Waals surface area contributed by atoms with Gasteiger partial charge in [-0.1, -0.05) is 32.0 Å². The second-order valence-corrected chi connectivity index (χ2v) is 6.08. The number of methoxy groups -OCH3 is 1. The van der Waals surface area contributed by atoms with E-state index in [1.165, 1.54) is 0 Å². The summed E-state index contributed by atoms with van der Waals surface area (Å²) in [6.45, 7) is 6.66. The van der Waals surface area contributed by atoms with Crippen molar-refractivity contribution < 1.29 is 9.53 Å². The van der Waals surface area contributed by atoms with Gasteiger partial charge in [0.05, 0.1) is 12.6 Å². The van der Waals surface area contributed by atoms with Crippen molar-refractivity contribution >= 4 is 11.6 Å². The third-order valence-electron chi connectivity index (χ3n) is 4.39. The summed E-state index contributed by atoms with van der Waals surface area (Å²) in [6.07, 6.45) is 1.24. The number of aryl methyl sites for hydroxylation is 1. The molecule has 1 amide bonds. The summed E-state index contributed by atoms with van der Waals surface area (Å²) in [5, 5.41) is 6.25. The van der Waals surface area contributed by atoms with Crippen molar-refractivity contribution in [3.8, 4) is 0 Å². The van der Waals surface area contributed by atoms with Crippen LogP contribution in [-0.2, 0) is 9.53 Å². The Balaban J connectivity index is 1.81. The van der Waals surface area contributed by atoms with Crippen LogP contribution in [0.5, 0.6) is 0 Å². The molecule has 0 radical (unpaired) electrons. The van der Waals surface area contributed by atoms with Crippen LogP contribution < -0.4 is 10.6 Å². The molecule has 4 heteroatoms. The molecule has 1 aromatic rings. The van der Waals surface area contributed by atoms with Gasteiger partial charge in [-0.15, -0.1) is 0 Å². The van der Waals surface area contributed by atoms with E-state index in [0.29, 0.717) is 12.6 Å². The molecule has 20 heavy (non-hydrogen) atoms. The minimum atomic E-state index is -0.00373. The lowest BCUT2D eigenvalue weighted by molar-refractivity contribution is -0.119. The van der Waals surface area contributed by atoms with Crippen molar-refractivity contribution in [2.75, 3.05) is 19.0 Å². The second-order valence-electron chi connectivity index (χ2n) is 6.08. The van der Waals surface area contributed by atoms with Gasteiger partial charge < -0.3 is 15.4 Å². The number of anilines is 1. The standard InChI is InChI=1S/C16H24N2O2/c1-11-7-5-6-8-12(11)18-15(19)10-17-13-9-14(20-4)16(13,2)3/h5-8,13-14,17H,9-10H2,1-4H3,(H,18,19). The lowest BCUT2D eigenvalue weighted by atomic mass is 9.64. The summed E-state index contributed by atoms with van der Waals surface area (Å²) >= 11 is 0. The summed E-state index contributed by atoms with van der Waals surface area (Å²) in [6, 6.07) is 8.12. The highest BCUT2D eigenvalue weighted by Gasteiger charge is 2.48. The van der Waals surface area contributed by atoms with Crippen LogP contribution in [0.4, 0.5) is 5.69 Å². The average Bonchev–Trinajstić information content (AvgIpc) is 2.40. The van der Waals surface area contributed by atoms with Crippen molar-refractivity contribution in [2.45, 2.75) is 39.3 Å². The lowest BCUT2D eigenvalue weighted by Crippen LogP contribution is -2.61. The Morgan fingerprint density at radius 3 is 2.70 bits per heavy atom. The maximum absolute atomic E-state index is 12.0. The van der Waals surface area contributed by atoms with E-state index in [2.05, 4.69) is 24.5 Å². The maximum Gasteiger partial charge on any atom is 0.238 e. The van der Waals surface area contributed by atoms with E-state index in [-0.39, 0.29) is 17.4 Å². The number of hydrogen-bond donors (Lipinski definition) is 2. The molecule has 1 aliphatic carbocycles. The number of hydrogen-bond acceptors (Lipinski definition) is 3. The van der Waals surface area contributed by atoms with Gasteiger partial charge in [0.25, 0.3) is 0 Å².